The predicted molar refractivity (Wildman–Crippen MR) is 146 cm³/mol. The van der Waals surface area contributed by atoms with E-state index < -0.39 is 10.0 Å². The van der Waals surface area contributed by atoms with E-state index in [0.29, 0.717) is 43.7 Å². The summed E-state index contributed by atoms with van der Waals surface area (Å²) in [5.41, 5.74) is 0.951. The van der Waals surface area contributed by atoms with Crippen LogP contribution in [-0.4, -0.2) is 63.1 Å². The summed E-state index contributed by atoms with van der Waals surface area (Å²) in [6, 6.07) is 11.5. The molecule has 0 spiro atoms. The minimum Gasteiger partial charge on any atom is -0.440 e. The van der Waals surface area contributed by atoms with Gasteiger partial charge in [-0.05, 0) is 44.8 Å². The maximum atomic E-state index is 13.2. The van der Waals surface area contributed by atoms with Gasteiger partial charge in [-0.2, -0.15) is 17.6 Å². The number of hydrogen-bond acceptors (Lipinski definition) is 7. The van der Waals surface area contributed by atoms with Gasteiger partial charge in [-0.1, -0.05) is 59.3 Å². The molecule has 0 saturated carbocycles. The van der Waals surface area contributed by atoms with Crippen LogP contribution in [0.2, 0.25) is 5.02 Å². The Hall–Kier alpha value is -1.99. The average Bonchev–Trinajstić information content (AvgIpc) is 3.46. The highest BCUT2D eigenvalue weighted by Gasteiger charge is 2.23. The van der Waals surface area contributed by atoms with E-state index in [1.54, 1.807) is 36.5 Å². The van der Waals surface area contributed by atoms with Gasteiger partial charge in [0.25, 0.3) is 10.0 Å². The van der Waals surface area contributed by atoms with Crippen LogP contribution in [0.4, 0.5) is 0 Å². The maximum Gasteiger partial charge on any atom is 0.283 e. The molecule has 11 heteroatoms. The van der Waals surface area contributed by atoms with Crippen LogP contribution in [0.25, 0.3) is 22.4 Å². The maximum absolute atomic E-state index is 13.2. The molecule has 0 aliphatic rings. The van der Waals surface area contributed by atoms with Gasteiger partial charge in [0.1, 0.15) is 5.76 Å². The van der Waals surface area contributed by atoms with E-state index >= 15 is 0 Å². The lowest BCUT2D eigenvalue weighted by Gasteiger charge is -2.26. The molecule has 1 unspecified atom stereocenters. The van der Waals surface area contributed by atoms with Crippen molar-refractivity contribution < 1.29 is 12.8 Å². The molecule has 0 fully saturated rings. The summed E-state index contributed by atoms with van der Waals surface area (Å²) in [6.45, 7) is 7.81. The van der Waals surface area contributed by atoms with Gasteiger partial charge < -0.3 is 4.42 Å². The molecule has 0 saturated heterocycles. The summed E-state index contributed by atoms with van der Waals surface area (Å²) in [5.74, 6) is 1.08. The monoisotopic (exact) mass is 627 g/mol. The lowest BCUT2D eigenvalue weighted by Crippen LogP contribution is -2.35. The smallest absolute Gasteiger partial charge is 0.283 e. The molecule has 2 aromatic heterocycles. The topological polar surface area (TPSA) is 84.5 Å². The molecular weight excluding hydrogens is 601 g/mol. The largest absolute Gasteiger partial charge is 0.440 e. The van der Waals surface area contributed by atoms with Gasteiger partial charge in [0.2, 0.25) is 5.89 Å². The van der Waals surface area contributed by atoms with Crippen LogP contribution in [0.15, 0.2) is 64.2 Å². The first-order valence-corrected chi connectivity index (χ1v) is 14.3. The van der Waals surface area contributed by atoms with Crippen molar-refractivity contribution in [3.63, 3.8) is 0 Å². The molecule has 4 aromatic rings. The zero-order valence-corrected chi connectivity index (χ0v) is 23.5. The second kappa shape index (κ2) is 11.0. The van der Waals surface area contributed by atoms with Crippen molar-refractivity contribution in [3.8, 4) is 11.5 Å². The van der Waals surface area contributed by atoms with Crippen LogP contribution < -0.4 is 0 Å². The SMILES string of the molecule is CCN(CCN(C)Cc1cnc(-c2cc(Cl)cc3c2cnn3S(=O)(=O)c2ccccc2)o1)C(C)I. The van der Waals surface area contributed by atoms with Crippen LogP contribution in [0, 0.1) is 0 Å². The van der Waals surface area contributed by atoms with E-state index in [0.717, 1.165) is 23.7 Å². The van der Waals surface area contributed by atoms with Crippen LogP contribution in [-0.2, 0) is 16.6 Å². The number of aromatic nitrogens is 3. The number of nitrogens with zero attached hydrogens (tertiary/aromatic N) is 5. The first-order chi connectivity index (χ1) is 16.7. The third kappa shape index (κ3) is 5.72. The third-order valence-corrected chi connectivity index (χ3v) is 8.40. The van der Waals surface area contributed by atoms with Crippen molar-refractivity contribution in [1.82, 2.24) is 24.0 Å². The summed E-state index contributed by atoms with van der Waals surface area (Å²) in [5, 5.41) is 5.13. The fourth-order valence-electron chi connectivity index (χ4n) is 3.87. The second-order valence-corrected chi connectivity index (χ2v) is 12.3. The van der Waals surface area contributed by atoms with Gasteiger partial charge >= 0.3 is 0 Å². The van der Waals surface area contributed by atoms with Crippen molar-refractivity contribution in [2.45, 2.75) is 29.3 Å². The Morgan fingerprint density at radius 1 is 1.17 bits per heavy atom. The Kier molecular flexibility index (Phi) is 8.16. The van der Waals surface area contributed by atoms with Crippen LogP contribution >= 0.6 is 34.2 Å². The number of benzene rings is 2. The quantitative estimate of drug-likeness (QED) is 0.137. The summed E-state index contributed by atoms with van der Waals surface area (Å²) in [7, 11) is -1.84. The minimum atomic E-state index is -3.89. The van der Waals surface area contributed by atoms with Crippen molar-refractivity contribution in [2.24, 2.45) is 0 Å². The number of alkyl halides is 1. The fourth-order valence-corrected chi connectivity index (χ4v) is 6.03. The van der Waals surface area contributed by atoms with Gasteiger partial charge in [-0.15, -0.1) is 0 Å². The van der Waals surface area contributed by atoms with Crippen molar-refractivity contribution >= 4 is 55.1 Å². The number of fused-ring (bicyclic) bond motifs is 1. The molecule has 0 amide bonds. The lowest BCUT2D eigenvalue weighted by molar-refractivity contribution is 0.221. The zero-order chi connectivity index (χ0) is 25.2. The molecule has 0 N–H and O–H groups in total. The van der Waals surface area contributed by atoms with E-state index in [9.17, 15) is 8.42 Å². The van der Waals surface area contributed by atoms with Crippen LogP contribution in [0.5, 0.6) is 0 Å². The van der Waals surface area contributed by atoms with Crippen molar-refractivity contribution in [3.05, 3.63) is 65.6 Å². The predicted octanol–water partition coefficient (Wildman–Crippen LogP) is 5.12. The summed E-state index contributed by atoms with van der Waals surface area (Å²) < 4.78 is 33.9. The molecule has 2 heterocycles. The van der Waals surface area contributed by atoms with E-state index in [1.165, 1.54) is 18.3 Å². The van der Waals surface area contributed by atoms with Gasteiger partial charge in [-0.3, -0.25) is 9.80 Å². The Labute approximate surface area is 224 Å². The molecule has 2 aromatic carbocycles. The molecule has 35 heavy (non-hydrogen) atoms. The number of rotatable bonds is 10. The normalized spacial score (nSPS) is 13.2. The van der Waals surface area contributed by atoms with Gasteiger partial charge in [0.15, 0.2) is 0 Å². The van der Waals surface area contributed by atoms with Crippen LogP contribution in [0.1, 0.15) is 19.6 Å². The van der Waals surface area contributed by atoms with Crippen molar-refractivity contribution in [2.75, 3.05) is 26.7 Å². The van der Waals surface area contributed by atoms with E-state index in [-0.39, 0.29) is 4.90 Å². The number of likely N-dealkylation sites (N-methyl/N-ethyl adjacent to an activating group) is 2. The first-order valence-electron chi connectivity index (χ1n) is 11.2. The molecule has 0 radical (unpaired) electrons. The summed E-state index contributed by atoms with van der Waals surface area (Å²) in [4.78, 5) is 9.17. The minimum absolute atomic E-state index is 0.145. The number of oxazole rings is 1. The lowest BCUT2D eigenvalue weighted by atomic mass is 10.1. The molecule has 0 aliphatic heterocycles. The average molecular weight is 628 g/mol. The molecular formula is C24H27ClIN5O3S. The van der Waals surface area contributed by atoms with Gasteiger partial charge in [-0.25, -0.2) is 4.98 Å². The molecule has 4 rings (SSSR count). The van der Waals surface area contributed by atoms with E-state index in [1.807, 2.05) is 7.05 Å². The zero-order valence-electron chi connectivity index (χ0n) is 19.7. The Morgan fingerprint density at radius 2 is 1.91 bits per heavy atom. The summed E-state index contributed by atoms with van der Waals surface area (Å²) >= 11 is 8.81. The number of hydrogen-bond donors (Lipinski definition) is 0. The van der Waals surface area contributed by atoms with Gasteiger partial charge in [0.05, 0.1) is 33.4 Å². The molecule has 0 aliphatic carbocycles. The van der Waals surface area contributed by atoms with Gasteiger partial charge in [0, 0.05) is 29.1 Å². The molecule has 0 bridgehead atoms. The van der Waals surface area contributed by atoms with E-state index in [2.05, 4.69) is 56.3 Å². The van der Waals surface area contributed by atoms with Crippen molar-refractivity contribution in [1.29, 1.82) is 0 Å². The van der Waals surface area contributed by atoms with E-state index in [4.69, 9.17) is 16.0 Å². The van der Waals surface area contributed by atoms with Crippen LogP contribution in [0.3, 0.4) is 0 Å². The first kappa shape index (κ1) is 26.1. The molecule has 8 nitrogen and oxygen atoms in total. The highest BCUT2D eigenvalue weighted by Crippen LogP contribution is 2.33. The second-order valence-electron chi connectivity index (χ2n) is 8.26. The molecule has 1 atom stereocenters. The molecule has 186 valence electrons. The Morgan fingerprint density at radius 3 is 2.60 bits per heavy atom. The third-order valence-electron chi connectivity index (χ3n) is 5.78. The highest BCUT2D eigenvalue weighted by atomic mass is 127. The Balaban J connectivity index is 1.60. The fraction of sp³-hybridized carbons (Fsp3) is 0.333. The summed E-state index contributed by atoms with van der Waals surface area (Å²) in [6.07, 6.45) is 3.20. The highest BCUT2D eigenvalue weighted by molar-refractivity contribution is 14.1. The standard InChI is InChI=1S/C24H27ClIN5O3S/c1-4-30(17(2)26)11-10-29(3)16-19-14-27-24(34-19)21-12-18(25)13-23-22(21)15-28-31(23)35(32,33)20-8-6-5-7-9-20/h5-9,12-15,17H,4,10-11,16H2,1-3H3. The number of halogens is 2. The Bertz CT molecular complexity index is 1410.